The minimum Gasteiger partial charge on any atom is -0.324 e. The molecule has 0 saturated heterocycles. The molecule has 1 N–H and O–H groups in total. The quantitative estimate of drug-likeness (QED) is 0.707. The van der Waals surface area contributed by atoms with E-state index in [1.165, 1.54) is 23.7 Å². The van der Waals surface area contributed by atoms with Crippen LogP contribution in [0.15, 0.2) is 59.7 Å². The predicted molar refractivity (Wildman–Crippen MR) is 90.7 cm³/mol. The lowest BCUT2D eigenvalue weighted by Gasteiger charge is -2.09. The molecule has 0 saturated carbocycles. The van der Waals surface area contributed by atoms with Crippen molar-refractivity contribution in [2.24, 2.45) is 0 Å². The SMILES string of the molecule is CC(=O)c1cccc(NC(=O)Cn2nc(-n3cccn3)ccc2=O)c1. The number of nitrogens with one attached hydrogen (secondary N) is 1. The van der Waals surface area contributed by atoms with Gasteiger partial charge in [-0.25, -0.2) is 9.36 Å². The number of hydrogen-bond acceptors (Lipinski definition) is 5. The van der Waals surface area contributed by atoms with Gasteiger partial charge in [0.25, 0.3) is 5.56 Å². The van der Waals surface area contributed by atoms with E-state index in [-0.39, 0.29) is 12.3 Å². The summed E-state index contributed by atoms with van der Waals surface area (Å²) in [5.41, 5.74) is 0.575. The summed E-state index contributed by atoms with van der Waals surface area (Å²) in [5, 5.41) is 10.8. The maximum absolute atomic E-state index is 12.2. The maximum Gasteiger partial charge on any atom is 0.267 e. The topological polar surface area (TPSA) is 98.9 Å². The van der Waals surface area contributed by atoms with E-state index in [2.05, 4.69) is 15.5 Å². The van der Waals surface area contributed by atoms with Gasteiger partial charge in [0.2, 0.25) is 5.91 Å². The molecule has 0 fully saturated rings. The van der Waals surface area contributed by atoms with Crippen molar-refractivity contribution in [3.05, 3.63) is 70.8 Å². The molecule has 0 spiro atoms. The summed E-state index contributed by atoms with van der Waals surface area (Å²) in [4.78, 5) is 35.5. The number of benzene rings is 1. The Bertz CT molecular complexity index is 976. The van der Waals surface area contributed by atoms with Crippen molar-refractivity contribution in [1.29, 1.82) is 0 Å². The Morgan fingerprint density at radius 1 is 1.16 bits per heavy atom. The molecule has 0 bridgehead atoms. The van der Waals surface area contributed by atoms with Crippen LogP contribution in [0.1, 0.15) is 17.3 Å². The Hall–Kier alpha value is -3.55. The lowest BCUT2D eigenvalue weighted by atomic mass is 10.1. The molecule has 2 heterocycles. The molecule has 126 valence electrons. The van der Waals surface area contributed by atoms with Crippen LogP contribution in [0.25, 0.3) is 5.82 Å². The number of amides is 1. The van der Waals surface area contributed by atoms with Gasteiger partial charge in [0.15, 0.2) is 11.6 Å². The molecule has 0 radical (unpaired) electrons. The zero-order chi connectivity index (χ0) is 17.8. The van der Waals surface area contributed by atoms with Gasteiger partial charge in [-0.3, -0.25) is 14.4 Å². The number of carbonyl (C=O) groups excluding carboxylic acids is 2. The summed E-state index contributed by atoms with van der Waals surface area (Å²) in [7, 11) is 0. The predicted octanol–water partition coefficient (Wildman–Crippen LogP) is 1.27. The van der Waals surface area contributed by atoms with E-state index >= 15 is 0 Å². The molecule has 0 aliphatic heterocycles. The van der Waals surface area contributed by atoms with E-state index in [0.717, 1.165) is 4.68 Å². The Morgan fingerprint density at radius 3 is 2.72 bits per heavy atom. The fourth-order valence-electron chi connectivity index (χ4n) is 2.23. The number of aromatic nitrogens is 4. The number of Topliss-reactive ketones (excluding diaryl/α,β-unsaturated/α-hetero) is 1. The van der Waals surface area contributed by atoms with Gasteiger partial charge in [0.05, 0.1) is 0 Å². The lowest BCUT2D eigenvalue weighted by Crippen LogP contribution is -2.30. The average molecular weight is 337 g/mol. The highest BCUT2D eigenvalue weighted by atomic mass is 16.2. The number of anilines is 1. The minimum atomic E-state index is -0.423. The van der Waals surface area contributed by atoms with Gasteiger partial charge in [0, 0.05) is 29.7 Å². The first kappa shape index (κ1) is 16.3. The monoisotopic (exact) mass is 337 g/mol. The van der Waals surface area contributed by atoms with Crippen LogP contribution in [0.4, 0.5) is 5.69 Å². The molecule has 1 aromatic carbocycles. The van der Waals surface area contributed by atoms with Crippen LogP contribution in [-0.4, -0.2) is 31.3 Å². The molecular formula is C17H15N5O3. The molecule has 0 atom stereocenters. The van der Waals surface area contributed by atoms with E-state index in [9.17, 15) is 14.4 Å². The van der Waals surface area contributed by atoms with Crippen molar-refractivity contribution in [3.63, 3.8) is 0 Å². The summed E-state index contributed by atoms with van der Waals surface area (Å²) >= 11 is 0. The van der Waals surface area contributed by atoms with Gasteiger partial charge in [-0.1, -0.05) is 12.1 Å². The highest BCUT2D eigenvalue weighted by Gasteiger charge is 2.09. The van der Waals surface area contributed by atoms with Crippen LogP contribution < -0.4 is 10.9 Å². The molecule has 0 aliphatic carbocycles. The number of rotatable bonds is 5. The van der Waals surface area contributed by atoms with Crippen LogP contribution in [-0.2, 0) is 11.3 Å². The second kappa shape index (κ2) is 6.91. The van der Waals surface area contributed by atoms with E-state index in [4.69, 9.17) is 0 Å². The minimum absolute atomic E-state index is 0.0964. The number of ketones is 1. The molecule has 25 heavy (non-hydrogen) atoms. The molecule has 1 amide bonds. The Morgan fingerprint density at radius 2 is 2.00 bits per heavy atom. The van der Waals surface area contributed by atoms with Gasteiger partial charge in [-0.05, 0) is 31.2 Å². The third-order valence-corrected chi connectivity index (χ3v) is 3.44. The van der Waals surface area contributed by atoms with Crippen molar-refractivity contribution < 1.29 is 9.59 Å². The maximum atomic E-state index is 12.2. The van der Waals surface area contributed by atoms with Crippen molar-refractivity contribution in [1.82, 2.24) is 19.6 Å². The van der Waals surface area contributed by atoms with Crippen LogP contribution in [0.5, 0.6) is 0 Å². The lowest BCUT2D eigenvalue weighted by molar-refractivity contribution is -0.117. The molecular weight excluding hydrogens is 322 g/mol. The van der Waals surface area contributed by atoms with Crippen LogP contribution >= 0.6 is 0 Å². The van der Waals surface area contributed by atoms with Gasteiger partial charge in [-0.2, -0.15) is 5.10 Å². The van der Waals surface area contributed by atoms with E-state index in [1.807, 2.05) is 0 Å². The molecule has 3 aromatic rings. The summed E-state index contributed by atoms with van der Waals surface area (Å²) in [6.45, 7) is 1.20. The number of nitrogens with zero attached hydrogens (tertiary/aromatic N) is 4. The number of carbonyl (C=O) groups is 2. The van der Waals surface area contributed by atoms with Gasteiger partial charge in [0.1, 0.15) is 6.54 Å². The van der Waals surface area contributed by atoms with Crippen molar-refractivity contribution in [2.75, 3.05) is 5.32 Å². The third-order valence-electron chi connectivity index (χ3n) is 3.44. The Kier molecular flexibility index (Phi) is 4.51. The Labute approximate surface area is 142 Å². The smallest absolute Gasteiger partial charge is 0.267 e. The first-order valence-electron chi connectivity index (χ1n) is 7.52. The zero-order valence-corrected chi connectivity index (χ0v) is 13.4. The van der Waals surface area contributed by atoms with E-state index in [1.54, 1.807) is 42.7 Å². The van der Waals surface area contributed by atoms with Gasteiger partial charge < -0.3 is 5.32 Å². The standard InChI is InChI=1S/C17H15N5O3/c1-12(23)13-4-2-5-14(10-13)19-16(24)11-22-17(25)7-6-15(20-22)21-9-3-8-18-21/h2-10H,11H2,1H3,(H,19,24). The molecule has 3 rings (SSSR count). The first-order chi connectivity index (χ1) is 12.0. The van der Waals surface area contributed by atoms with Crippen LogP contribution in [0.2, 0.25) is 0 Å². The molecule has 0 unspecified atom stereocenters. The summed E-state index contributed by atoms with van der Waals surface area (Å²) in [5.74, 6) is -0.0928. The highest BCUT2D eigenvalue weighted by Crippen LogP contribution is 2.11. The first-order valence-corrected chi connectivity index (χ1v) is 7.52. The van der Waals surface area contributed by atoms with Gasteiger partial charge in [-0.15, -0.1) is 5.10 Å². The molecule has 2 aromatic heterocycles. The molecule has 8 nitrogen and oxygen atoms in total. The van der Waals surface area contributed by atoms with E-state index in [0.29, 0.717) is 17.1 Å². The Balaban J connectivity index is 1.77. The van der Waals surface area contributed by atoms with Crippen molar-refractivity contribution >= 4 is 17.4 Å². The third kappa shape index (κ3) is 3.86. The molecule has 8 heteroatoms. The van der Waals surface area contributed by atoms with Crippen LogP contribution in [0, 0.1) is 0 Å². The average Bonchev–Trinajstić information content (AvgIpc) is 3.11. The van der Waals surface area contributed by atoms with E-state index < -0.39 is 11.5 Å². The fraction of sp³-hybridized carbons (Fsp3) is 0.118. The molecule has 0 aliphatic rings. The second-order valence-corrected chi connectivity index (χ2v) is 5.32. The summed E-state index contributed by atoms with van der Waals surface area (Å²) in [6, 6.07) is 11.2. The number of hydrogen-bond donors (Lipinski definition) is 1. The largest absolute Gasteiger partial charge is 0.324 e. The van der Waals surface area contributed by atoms with Crippen molar-refractivity contribution in [3.8, 4) is 5.82 Å². The zero-order valence-electron chi connectivity index (χ0n) is 13.4. The van der Waals surface area contributed by atoms with Gasteiger partial charge >= 0.3 is 0 Å². The normalized spacial score (nSPS) is 10.4. The van der Waals surface area contributed by atoms with Crippen molar-refractivity contribution in [2.45, 2.75) is 13.5 Å². The summed E-state index contributed by atoms with van der Waals surface area (Å²) in [6.07, 6.45) is 3.27. The van der Waals surface area contributed by atoms with Crippen LogP contribution in [0.3, 0.4) is 0 Å². The highest BCUT2D eigenvalue weighted by molar-refractivity contribution is 5.97. The summed E-state index contributed by atoms with van der Waals surface area (Å²) < 4.78 is 2.55. The second-order valence-electron chi connectivity index (χ2n) is 5.32. The fourth-order valence-corrected chi connectivity index (χ4v) is 2.23.